The number of Topliss-reactive ketones (excluding diaryl/α,β-unsaturated/α-hetero) is 1. The molecule has 2 spiro atoms. The van der Waals surface area contributed by atoms with E-state index >= 15 is 0 Å². The van der Waals surface area contributed by atoms with Crippen LogP contribution in [0.2, 0.25) is 0 Å². The van der Waals surface area contributed by atoms with Crippen LogP contribution in [0.3, 0.4) is 0 Å². The van der Waals surface area contributed by atoms with Crippen molar-refractivity contribution in [1.82, 2.24) is 0 Å². The zero-order chi connectivity index (χ0) is 35.2. The minimum Gasteiger partial charge on any atom is -0.393 e. The van der Waals surface area contributed by atoms with E-state index in [4.69, 9.17) is 9.47 Å². The molecule has 0 radical (unpaired) electrons. The van der Waals surface area contributed by atoms with Crippen LogP contribution < -0.4 is 0 Å². The highest BCUT2D eigenvalue weighted by molar-refractivity contribution is 6.06. The Bertz CT molecular complexity index is 1210. The molecule has 274 valence electrons. The first kappa shape index (κ1) is 39.6. The molecular formula is C42H64O7. The lowest BCUT2D eigenvalue weighted by atomic mass is 9.76. The zero-order valence-electron chi connectivity index (χ0n) is 30.5. The average molecular weight is 681 g/mol. The molecule has 2 aliphatic carbocycles. The Labute approximate surface area is 295 Å². The topological polar surface area (TPSA) is 110 Å². The average Bonchev–Trinajstić information content (AvgIpc) is 3.40. The van der Waals surface area contributed by atoms with Crippen molar-refractivity contribution < 1.29 is 34.1 Å². The minimum atomic E-state index is -1.14. The van der Waals surface area contributed by atoms with Gasteiger partial charge in [0.25, 0.3) is 0 Å². The first-order chi connectivity index (χ1) is 23.6. The Hall–Kier alpha value is -2.19. The summed E-state index contributed by atoms with van der Waals surface area (Å²) < 4.78 is 12.8. The molecule has 2 heterocycles. The van der Waals surface area contributed by atoms with Gasteiger partial charge in [-0.15, -0.1) is 0 Å². The largest absolute Gasteiger partial charge is 0.393 e. The van der Waals surface area contributed by atoms with E-state index in [1.54, 1.807) is 18.2 Å². The molecule has 0 aromatic carbocycles. The van der Waals surface area contributed by atoms with Crippen LogP contribution in [0.15, 0.2) is 47.6 Å². The van der Waals surface area contributed by atoms with Crippen molar-refractivity contribution in [3.05, 3.63) is 47.6 Å². The van der Waals surface area contributed by atoms with Crippen LogP contribution in [0.1, 0.15) is 168 Å². The molecule has 1 unspecified atom stereocenters. The summed E-state index contributed by atoms with van der Waals surface area (Å²) in [7, 11) is 0. The van der Waals surface area contributed by atoms with Gasteiger partial charge in [0.2, 0.25) is 0 Å². The maximum absolute atomic E-state index is 13.4. The van der Waals surface area contributed by atoms with Crippen molar-refractivity contribution in [3.63, 3.8) is 0 Å². The van der Waals surface area contributed by atoms with Crippen molar-refractivity contribution in [2.45, 2.75) is 197 Å². The van der Waals surface area contributed by atoms with Crippen molar-refractivity contribution in [2.75, 3.05) is 0 Å². The number of rotatable bonds is 22. The Morgan fingerprint density at radius 2 is 1.41 bits per heavy atom. The van der Waals surface area contributed by atoms with Crippen LogP contribution >= 0.6 is 0 Å². The van der Waals surface area contributed by atoms with Gasteiger partial charge in [0.15, 0.2) is 17.4 Å². The minimum absolute atomic E-state index is 0.0274. The van der Waals surface area contributed by atoms with Crippen molar-refractivity contribution >= 4 is 17.3 Å². The van der Waals surface area contributed by atoms with Gasteiger partial charge in [-0.2, -0.15) is 0 Å². The maximum atomic E-state index is 13.4. The molecule has 0 aromatic rings. The van der Waals surface area contributed by atoms with Gasteiger partial charge in [0, 0.05) is 37.7 Å². The van der Waals surface area contributed by atoms with E-state index in [1.165, 1.54) is 76.0 Å². The molecule has 0 amide bonds. The van der Waals surface area contributed by atoms with E-state index in [-0.39, 0.29) is 30.2 Å². The number of ketones is 3. The van der Waals surface area contributed by atoms with Gasteiger partial charge < -0.3 is 19.7 Å². The monoisotopic (exact) mass is 680 g/mol. The third kappa shape index (κ3) is 11.9. The van der Waals surface area contributed by atoms with Gasteiger partial charge in [-0.05, 0) is 80.6 Å². The summed E-state index contributed by atoms with van der Waals surface area (Å²) in [5.41, 5.74) is -0.435. The van der Waals surface area contributed by atoms with E-state index in [2.05, 4.69) is 13.8 Å². The molecule has 7 heteroatoms. The molecule has 49 heavy (non-hydrogen) atoms. The molecular weight excluding hydrogens is 616 g/mol. The normalized spacial score (nSPS) is 27.7. The number of unbranched alkanes of at least 4 members (excludes halogenated alkanes) is 13. The quantitative estimate of drug-likeness (QED) is 0.110. The van der Waals surface area contributed by atoms with Gasteiger partial charge >= 0.3 is 0 Å². The van der Waals surface area contributed by atoms with E-state index in [0.717, 1.165) is 44.1 Å². The zero-order valence-corrected chi connectivity index (χ0v) is 30.5. The fourth-order valence-electron chi connectivity index (χ4n) is 8.23. The van der Waals surface area contributed by atoms with Gasteiger partial charge in [-0.3, -0.25) is 14.4 Å². The summed E-state index contributed by atoms with van der Waals surface area (Å²) in [5.74, 6) is -1.20. The molecule has 2 aliphatic heterocycles. The number of carbonyl (C=O) groups excluding carboxylic acids is 3. The van der Waals surface area contributed by atoms with Gasteiger partial charge in [-0.1, -0.05) is 97.3 Å². The highest BCUT2D eigenvalue weighted by Gasteiger charge is 2.52. The third-order valence-electron chi connectivity index (χ3n) is 11.0. The van der Waals surface area contributed by atoms with Gasteiger partial charge in [-0.25, -0.2) is 0 Å². The number of aliphatic hydroxyl groups is 2. The first-order valence-electron chi connectivity index (χ1n) is 19.8. The summed E-state index contributed by atoms with van der Waals surface area (Å²) in [4.78, 5) is 38.4. The smallest absolute Gasteiger partial charge is 0.181 e. The number of carbonyl (C=O) groups is 3. The maximum Gasteiger partial charge on any atom is 0.181 e. The molecule has 4 rings (SSSR count). The fourth-order valence-corrected chi connectivity index (χ4v) is 8.23. The standard InChI is InChI=1S/C42H64O7/c1-3-5-7-9-10-11-12-13-15-17-24-41(47)27-23-39(46)37(38(41)18-16-14-8-6-4-2)20-19-34(44)30-36-31-35(45)32-42(48-36)29-28-40(49-42)25-21-33(43)22-26-40/h21-23,25-27,35-36,45,47H,3-20,24,28-32H2,1-2H3/t35-,36+,41?,42-/m0/s1. The number of aliphatic hydroxyl groups excluding tert-OH is 1. The Morgan fingerprint density at radius 3 is 2.06 bits per heavy atom. The summed E-state index contributed by atoms with van der Waals surface area (Å²) >= 11 is 0. The molecule has 2 fully saturated rings. The lowest BCUT2D eigenvalue weighted by Crippen LogP contribution is -2.48. The SMILES string of the molecule is CCCCCCCCCCCCC1(O)C=CC(=O)C(CCC(=O)C[C@@H]2C[C@H](O)C[C@@]3(CCC4(C=CC(=O)C=C4)O3)O2)=C1CCCCCCC. The van der Waals surface area contributed by atoms with Crippen LogP contribution in [0.25, 0.3) is 0 Å². The summed E-state index contributed by atoms with van der Waals surface area (Å²) in [6.45, 7) is 4.44. The second kappa shape index (κ2) is 19.4. The Kier molecular flexibility index (Phi) is 15.7. The molecule has 7 nitrogen and oxygen atoms in total. The Morgan fingerprint density at radius 1 is 0.796 bits per heavy atom. The number of hydrogen-bond donors (Lipinski definition) is 2. The van der Waals surface area contributed by atoms with E-state index < -0.39 is 29.2 Å². The fraction of sp³-hybridized carbons (Fsp3) is 0.738. The molecule has 2 N–H and O–H groups in total. The van der Waals surface area contributed by atoms with Crippen molar-refractivity contribution in [1.29, 1.82) is 0 Å². The molecule has 0 aromatic heterocycles. The van der Waals surface area contributed by atoms with E-state index in [1.807, 2.05) is 0 Å². The molecule has 4 atom stereocenters. The van der Waals surface area contributed by atoms with Crippen molar-refractivity contribution in [2.24, 2.45) is 0 Å². The van der Waals surface area contributed by atoms with Crippen molar-refractivity contribution in [3.8, 4) is 0 Å². The molecule has 2 saturated heterocycles. The molecule has 0 bridgehead atoms. The highest BCUT2D eigenvalue weighted by Crippen LogP contribution is 2.47. The van der Waals surface area contributed by atoms with Crippen LogP contribution in [0.5, 0.6) is 0 Å². The number of allylic oxidation sites excluding steroid dienone is 4. The highest BCUT2D eigenvalue weighted by atomic mass is 16.7. The predicted octanol–water partition coefficient (Wildman–Crippen LogP) is 9.04. The summed E-state index contributed by atoms with van der Waals surface area (Å²) in [5, 5.41) is 22.7. The number of ether oxygens (including phenoxy) is 2. The second-order valence-electron chi connectivity index (χ2n) is 15.3. The predicted molar refractivity (Wildman–Crippen MR) is 194 cm³/mol. The van der Waals surface area contributed by atoms with Crippen LogP contribution in [-0.4, -0.2) is 56.8 Å². The van der Waals surface area contributed by atoms with Crippen LogP contribution in [0, 0.1) is 0 Å². The van der Waals surface area contributed by atoms with Gasteiger partial charge in [0.05, 0.1) is 12.2 Å². The summed E-state index contributed by atoms with van der Waals surface area (Å²) in [6, 6.07) is 0. The van der Waals surface area contributed by atoms with Crippen LogP contribution in [0.4, 0.5) is 0 Å². The molecule has 0 saturated carbocycles. The first-order valence-corrected chi connectivity index (χ1v) is 19.8. The van der Waals surface area contributed by atoms with E-state index in [0.29, 0.717) is 50.5 Å². The van der Waals surface area contributed by atoms with Crippen LogP contribution in [-0.2, 0) is 23.9 Å². The lowest BCUT2D eigenvalue weighted by Gasteiger charge is -2.41. The number of hydrogen-bond acceptors (Lipinski definition) is 7. The molecule has 4 aliphatic rings. The van der Waals surface area contributed by atoms with Gasteiger partial charge in [0.1, 0.15) is 17.0 Å². The second-order valence-corrected chi connectivity index (χ2v) is 15.3. The summed E-state index contributed by atoms with van der Waals surface area (Å²) in [6.07, 6.45) is 30.1. The Balaban J connectivity index is 1.33. The van der Waals surface area contributed by atoms with E-state index in [9.17, 15) is 24.6 Å². The third-order valence-corrected chi connectivity index (χ3v) is 11.0. The lowest BCUT2D eigenvalue weighted by molar-refractivity contribution is -0.290.